The molecule has 0 aliphatic carbocycles. The number of aromatic nitrogens is 1. The average molecular weight is 482 g/mol. The van der Waals surface area contributed by atoms with Gasteiger partial charge in [0.25, 0.3) is 10.0 Å². The molecule has 2 aromatic heterocycles. The number of nitrogens with zero attached hydrogens (tertiary/aromatic N) is 3. The molecule has 0 unspecified atom stereocenters. The van der Waals surface area contributed by atoms with Crippen LogP contribution in [0.4, 0.5) is 0 Å². The summed E-state index contributed by atoms with van der Waals surface area (Å²) in [5.41, 5.74) is 1.75. The molecule has 7 nitrogen and oxygen atoms in total. The van der Waals surface area contributed by atoms with Crippen molar-refractivity contribution in [3.05, 3.63) is 89.5 Å². The van der Waals surface area contributed by atoms with Crippen molar-refractivity contribution in [1.29, 1.82) is 0 Å². The zero-order valence-corrected chi connectivity index (χ0v) is 19.3. The van der Waals surface area contributed by atoms with Crippen LogP contribution >= 0.6 is 11.6 Å². The van der Waals surface area contributed by atoms with E-state index in [1.165, 1.54) is 6.26 Å². The van der Waals surface area contributed by atoms with Crippen LogP contribution in [0.1, 0.15) is 30.7 Å². The molecule has 9 heteroatoms. The molecule has 0 amide bonds. The first-order chi connectivity index (χ1) is 16.0. The summed E-state index contributed by atoms with van der Waals surface area (Å²) in [5, 5.41) is 5.49. The van der Waals surface area contributed by atoms with Gasteiger partial charge in [0.15, 0.2) is 0 Å². The number of pyridine rings is 1. The second-order valence-electron chi connectivity index (χ2n) is 7.49. The maximum Gasteiger partial charge on any atom is 0.279 e. The normalized spacial score (nSPS) is 16.2. The van der Waals surface area contributed by atoms with Crippen molar-refractivity contribution in [3.8, 4) is 5.75 Å². The van der Waals surface area contributed by atoms with Crippen molar-refractivity contribution >= 4 is 38.2 Å². The van der Waals surface area contributed by atoms with Gasteiger partial charge in [0.1, 0.15) is 22.4 Å². The standard InChI is InChI=1S/C24H20ClN3O4S/c1-2-31-17-11-10-16-13-19(24(25)26-20(16)14-17)22-15-21(23-9-6-12-32-23)27-28(22)33(29,30)18-7-4-3-5-8-18/h3-14,22H,2,15H2,1H3/t22-/m1/s1. The summed E-state index contributed by atoms with van der Waals surface area (Å²) in [4.78, 5) is 4.67. The topological polar surface area (TPSA) is 85.0 Å². The zero-order valence-electron chi connectivity index (χ0n) is 17.7. The van der Waals surface area contributed by atoms with Gasteiger partial charge >= 0.3 is 0 Å². The average Bonchev–Trinajstić information content (AvgIpc) is 3.50. The SMILES string of the molecule is CCOc1ccc2cc([C@H]3CC(c4ccco4)=NN3S(=O)(=O)c3ccccc3)c(Cl)nc2c1. The highest BCUT2D eigenvalue weighted by Crippen LogP contribution is 2.40. The van der Waals surface area contributed by atoms with Crippen LogP contribution < -0.4 is 4.74 Å². The number of benzene rings is 2. The van der Waals surface area contributed by atoms with Crippen molar-refractivity contribution in [1.82, 2.24) is 9.40 Å². The second kappa shape index (κ2) is 8.53. The van der Waals surface area contributed by atoms with E-state index in [-0.39, 0.29) is 10.0 Å². The number of hydrogen-bond acceptors (Lipinski definition) is 6. The number of hydrazone groups is 1. The zero-order chi connectivity index (χ0) is 23.0. The predicted octanol–water partition coefficient (Wildman–Crippen LogP) is 5.42. The number of hydrogen-bond donors (Lipinski definition) is 0. The molecule has 33 heavy (non-hydrogen) atoms. The minimum atomic E-state index is -3.95. The monoisotopic (exact) mass is 481 g/mol. The summed E-state index contributed by atoms with van der Waals surface area (Å²) in [5.74, 6) is 1.20. The van der Waals surface area contributed by atoms with Crippen molar-refractivity contribution in [3.63, 3.8) is 0 Å². The number of sulfonamides is 1. The van der Waals surface area contributed by atoms with Crippen LogP contribution in [0.5, 0.6) is 5.75 Å². The lowest BCUT2D eigenvalue weighted by Gasteiger charge is -2.24. The van der Waals surface area contributed by atoms with E-state index in [4.69, 9.17) is 20.8 Å². The van der Waals surface area contributed by atoms with E-state index in [9.17, 15) is 8.42 Å². The Bertz CT molecular complexity index is 1440. The Labute approximate surface area is 196 Å². The Balaban J connectivity index is 1.62. The molecule has 0 bridgehead atoms. The molecule has 0 radical (unpaired) electrons. The van der Waals surface area contributed by atoms with Gasteiger partial charge in [-0.15, -0.1) is 0 Å². The van der Waals surface area contributed by atoms with Gasteiger partial charge in [-0.3, -0.25) is 0 Å². The van der Waals surface area contributed by atoms with Crippen LogP contribution in [0, 0.1) is 0 Å². The Morgan fingerprint density at radius 1 is 1.12 bits per heavy atom. The number of ether oxygens (including phenoxy) is 1. The molecular weight excluding hydrogens is 462 g/mol. The molecule has 0 saturated carbocycles. The molecule has 0 fully saturated rings. The third-order valence-corrected chi connectivity index (χ3v) is 7.40. The Hall–Kier alpha value is -3.36. The summed E-state index contributed by atoms with van der Waals surface area (Å²) >= 11 is 6.60. The van der Waals surface area contributed by atoms with E-state index >= 15 is 0 Å². The highest BCUT2D eigenvalue weighted by Gasteiger charge is 2.39. The number of halogens is 1. The van der Waals surface area contributed by atoms with Crippen LogP contribution in [-0.2, 0) is 10.0 Å². The van der Waals surface area contributed by atoms with Gasteiger partial charge in [0, 0.05) is 23.4 Å². The third-order valence-electron chi connectivity index (χ3n) is 5.41. The van der Waals surface area contributed by atoms with Crippen LogP contribution in [0.3, 0.4) is 0 Å². The fourth-order valence-electron chi connectivity index (χ4n) is 3.86. The van der Waals surface area contributed by atoms with E-state index in [0.29, 0.717) is 41.3 Å². The number of rotatable bonds is 6. The molecule has 1 aliphatic heterocycles. The molecule has 1 aliphatic rings. The molecule has 168 valence electrons. The summed E-state index contributed by atoms with van der Waals surface area (Å²) in [7, 11) is -3.95. The molecule has 0 N–H and O–H groups in total. The smallest absolute Gasteiger partial charge is 0.279 e. The summed E-state index contributed by atoms with van der Waals surface area (Å²) in [6, 6.07) is 18.4. The van der Waals surface area contributed by atoms with Gasteiger partial charge in [-0.1, -0.05) is 29.8 Å². The largest absolute Gasteiger partial charge is 0.494 e. The molecule has 4 aromatic rings. The maximum absolute atomic E-state index is 13.5. The minimum Gasteiger partial charge on any atom is -0.494 e. The summed E-state index contributed by atoms with van der Waals surface area (Å²) in [6.45, 7) is 2.45. The van der Waals surface area contributed by atoms with Crippen LogP contribution in [0.25, 0.3) is 10.9 Å². The van der Waals surface area contributed by atoms with E-state index in [2.05, 4.69) is 10.1 Å². The lowest BCUT2D eigenvalue weighted by atomic mass is 10.0. The van der Waals surface area contributed by atoms with Gasteiger partial charge in [-0.25, -0.2) is 4.98 Å². The van der Waals surface area contributed by atoms with Crippen LogP contribution in [0.15, 0.2) is 87.4 Å². The van der Waals surface area contributed by atoms with Crippen LogP contribution in [0.2, 0.25) is 5.15 Å². The van der Waals surface area contributed by atoms with Crippen molar-refractivity contribution in [2.75, 3.05) is 6.61 Å². The third kappa shape index (κ3) is 3.96. The first-order valence-corrected chi connectivity index (χ1v) is 12.2. The molecule has 0 saturated heterocycles. The molecular formula is C24H20ClN3O4S. The van der Waals surface area contributed by atoms with E-state index in [0.717, 1.165) is 9.80 Å². The molecule has 2 aromatic carbocycles. The van der Waals surface area contributed by atoms with Gasteiger partial charge in [-0.2, -0.15) is 17.9 Å². The van der Waals surface area contributed by atoms with E-state index in [1.807, 2.05) is 31.2 Å². The second-order valence-corrected chi connectivity index (χ2v) is 9.64. The van der Waals surface area contributed by atoms with Gasteiger partial charge in [0.2, 0.25) is 0 Å². The van der Waals surface area contributed by atoms with Gasteiger partial charge < -0.3 is 9.15 Å². The van der Waals surface area contributed by atoms with Crippen molar-refractivity contribution in [2.24, 2.45) is 5.10 Å². The quantitative estimate of drug-likeness (QED) is 0.343. The predicted molar refractivity (Wildman–Crippen MR) is 126 cm³/mol. The van der Waals surface area contributed by atoms with Gasteiger partial charge in [0.05, 0.1) is 29.3 Å². The van der Waals surface area contributed by atoms with E-state index in [1.54, 1.807) is 42.5 Å². The van der Waals surface area contributed by atoms with Crippen molar-refractivity contribution < 1.29 is 17.6 Å². The first kappa shape index (κ1) is 21.5. The van der Waals surface area contributed by atoms with Crippen molar-refractivity contribution in [2.45, 2.75) is 24.3 Å². The molecule has 5 rings (SSSR count). The van der Waals surface area contributed by atoms with Gasteiger partial charge in [-0.05, 0) is 49.4 Å². The van der Waals surface area contributed by atoms with Crippen LogP contribution in [-0.4, -0.2) is 30.1 Å². The maximum atomic E-state index is 13.5. The fraction of sp³-hybridized carbons (Fsp3) is 0.167. The first-order valence-electron chi connectivity index (χ1n) is 10.4. The highest BCUT2D eigenvalue weighted by atomic mass is 35.5. The molecule has 1 atom stereocenters. The number of furan rings is 1. The Morgan fingerprint density at radius 2 is 1.94 bits per heavy atom. The lowest BCUT2D eigenvalue weighted by molar-refractivity contribution is 0.340. The Kier molecular flexibility index (Phi) is 5.55. The lowest BCUT2D eigenvalue weighted by Crippen LogP contribution is -2.27. The fourth-order valence-corrected chi connectivity index (χ4v) is 5.58. The molecule has 3 heterocycles. The van der Waals surface area contributed by atoms with E-state index < -0.39 is 16.1 Å². The highest BCUT2D eigenvalue weighted by molar-refractivity contribution is 7.89. The summed E-state index contributed by atoms with van der Waals surface area (Å²) < 4.78 is 39.2. The Morgan fingerprint density at radius 3 is 2.67 bits per heavy atom. The number of fused-ring (bicyclic) bond motifs is 1. The molecule has 0 spiro atoms. The minimum absolute atomic E-state index is 0.144. The summed E-state index contributed by atoms with van der Waals surface area (Å²) in [6.07, 6.45) is 1.82.